The number of furan rings is 1. The Labute approximate surface area is 114 Å². The second-order valence-electron chi connectivity index (χ2n) is 4.86. The SMILES string of the molecule is O=C(Cc1ccco1)N1CCC(c2n[nH]c(=O)o2)CC1. The summed E-state index contributed by atoms with van der Waals surface area (Å²) in [5.74, 6) is 0.739. The van der Waals surface area contributed by atoms with Gasteiger partial charge in [0.15, 0.2) is 0 Å². The fourth-order valence-corrected chi connectivity index (χ4v) is 2.47. The maximum atomic E-state index is 12.1. The molecular weight excluding hydrogens is 262 g/mol. The van der Waals surface area contributed by atoms with Crippen molar-refractivity contribution >= 4 is 5.91 Å². The van der Waals surface area contributed by atoms with Gasteiger partial charge in [0.2, 0.25) is 11.8 Å². The first-order valence-corrected chi connectivity index (χ1v) is 6.58. The van der Waals surface area contributed by atoms with Gasteiger partial charge in [-0.3, -0.25) is 4.79 Å². The third kappa shape index (κ3) is 2.66. The van der Waals surface area contributed by atoms with E-state index >= 15 is 0 Å². The molecular formula is C13H15N3O4. The molecule has 1 aliphatic rings. The number of aromatic nitrogens is 2. The molecule has 7 heteroatoms. The third-order valence-corrected chi connectivity index (χ3v) is 3.56. The van der Waals surface area contributed by atoms with Crippen molar-refractivity contribution in [2.24, 2.45) is 0 Å². The number of likely N-dealkylation sites (tertiary alicyclic amines) is 1. The molecule has 3 heterocycles. The minimum atomic E-state index is -0.531. The molecule has 0 unspecified atom stereocenters. The van der Waals surface area contributed by atoms with Gasteiger partial charge in [0, 0.05) is 19.0 Å². The fourth-order valence-electron chi connectivity index (χ4n) is 2.47. The summed E-state index contributed by atoms with van der Waals surface area (Å²) in [7, 11) is 0. The molecule has 20 heavy (non-hydrogen) atoms. The van der Waals surface area contributed by atoms with Gasteiger partial charge >= 0.3 is 5.76 Å². The standard InChI is InChI=1S/C13H15N3O4/c17-11(8-10-2-1-7-19-10)16-5-3-9(4-6-16)12-14-15-13(18)20-12/h1-2,7,9H,3-6,8H2,(H,15,18). The maximum absolute atomic E-state index is 12.1. The summed E-state index contributed by atoms with van der Waals surface area (Å²) in [6.45, 7) is 1.28. The van der Waals surface area contributed by atoms with E-state index in [1.807, 2.05) is 4.90 Å². The van der Waals surface area contributed by atoms with E-state index in [4.69, 9.17) is 8.83 Å². The van der Waals surface area contributed by atoms with E-state index in [2.05, 4.69) is 10.2 Å². The largest absolute Gasteiger partial charge is 0.469 e. The van der Waals surface area contributed by atoms with Crippen LogP contribution in [0.4, 0.5) is 0 Å². The second kappa shape index (κ2) is 5.36. The zero-order valence-electron chi connectivity index (χ0n) is 10.9. The Bertz CT molecular complexity index is 620. The Balaban J connectivity index is 1.55. The van der Waals surface area contributed by atoms with Gasteiger partial charge < -0.3 is 13.7 Å². The molecule has 106 valence electrons. The Kier molecular flexibility index (Phi) is 3.41. The van der Waals surface area contributed by atoms with E-state index in [-0.39, 0.29) is 18.2 Å². The smallest absolute Gasteiger partial charge is 0.434 e. The number of nitrogens with zero attached hydrogens (tertiary/aromatic N) is 2. The summed E-state index contributed by atoms with van der Waals surface area (Å²) in [6, 6.07) is 3.57. The van der Waals surface area contributed by atoms with Crippen LogP contribution in [0.15, 0.2) is 32.0 Å². The molecule has 3 rings (SSSR count). The van der Waals surface area contributed by atoms with Gasteiger partial charge in [0.25, 0.3) is 0 Å². The molecule has 0 bridgehead atoms. The molecule has 7 nitrogen and oxygen atoms in total. The summed E-state index contributed by atoms with van der Waals surface area (Å²) < 4.78 is 10.1. The van der Waals surface area contributed by atoms with Crippen LogP contribution in [-0.4, -0.2) is 34.1 Å². The quantitative estimate of drug-likeness (QED) is 0.900. The van der Waals surface area contributed by atoms with Crippen molar-refractivity contribution in [3.63, 3.8) is 0 Å². The van der Waals surface area contributed by atoms with Gasteiger partial charge in [0.1, 0.15) is 5.76 Å². The van der Waals surface area contributed by atoms with Crippen molar-refractivity contribution in [1.82, 2.24) is 15.1 Å². The molecule has 1 saturated heterocycles. The van der Waals surface area contributed by atoms with Crippen molar-refractivity contribution < 1.29 is 13.6 Å². The van der Waals surface area contributed by atoms with Crippen LogP contribution < -0.4 is 5.76 Å². The van der Waals surface area contributed by atoms with Crippen molar-refractivity contribution in [3.05, 3.63) is 40.6 Å². The number of piperidine rings is 1. The van der Waals surface area contributed by atoms with Crippen molar-refractivity contribution in [1.29, 1.82) is 0 Å². The van der Waals surface area contributed by atoms with Crippen LogP contribution in [0, 0.1) is 0 Å². The maximum Gasteiger partial charge on any atom is 0.434 e. The number of carbonyl (C=O) groups excluding carboxylic acids is 1. The van der Waals surface area contributed by atoms with Crippen LogP contribution in [0.1, 0.15) is 30.4 Å². The number of H-pyrrole nitrogens is 1. The predicted octanol–water partition coefficient (Wildman–Crippen LogP) is 0.905. The molecule has 0 spiro atoms. The minimum absolute atomic E-state index is 0.0573. The highest BCUT2D eigenvalue weighted by Crippen LogP contribution is 2.25. The lowest BCUT2D eigenvalue weighted by Gasteiger charge is -2.30. The number of amides is 1. The first kappa shape index (κ1) is 12.7. The van der Waals surface area contributed by atoms with Crippen molar-refractivity contribution in [2.75, 3.05) is 13.1 Å². The lowest BCUT2D eigenvalue weighted by Crippen LogP contribution is -2.38. The highest BCUT2D eigenvalue weighted by Gasteiger charge is 2.27. The van der Waals surface area contributed by atoms with E-state index < -0.39 is 5.76 Å². The van der Waals surface area contributed by atoms with E-state index in [9.17, 15) is 9.59 Å². The van der Waals surface area contributed by atoms with E-state index in [1.165, 1.54) is 0 Å². The van der Waals surface area contributed by atoms with E-state index in [0.29, 0.717) is 24.7 Å². The number of hydrogen-bond acceptors (Lipinski definition) is 5. The van der Waals surface area contributed by atoms with Crippen LogP contribution in [0.25, 0.3) is 0 Å². The monoisotopic (exact) mass is 277 g/mol. The fraction of sp³-hybridized carbons (Fsp3) is 0.462. The van der Waals surface area contributed by atoms with E-state index in [1.54, 1.807) is 18.4 Å². The highest BCUT2D eigenvalue weighted by molar-refractivity contribution is 5.78. The highest BCUT2D eigenvalue weighted by atomic mass is 16.4. The summed E-state index contributed by atoms with van der Waals surface area (Å²) in [4.78, 5) is 24.8. The Morgan fingerprint density at radius 1 is 1.45 bits per heavy atom. The molecule has 0 atom stereocenters. The molecule has 0 radical (unpaired) electrons. The average Bonchev–Trinajstić information content (AvgIpc) is 3.10. The molecule has 1 fully saturated rings. The number of hydrogen-bond donors (Lipinski definition) is 1. The Morgan fingerprint density at radius 2 is 2.25 bits per heavy atom. The molecule has 1 aliphatic heterocycles. The summed E-state index contributed by atoms with van der Waals surface area (Å²) in [5, 5.41) is 6.11. The van der Waals surface area contributed by atoms with E-state index in [0.717, 1.165) is 12.8 Å². The predicted molar refractivity (Wildman–Crippen MR) is 68.1 cm³/mol. The van der Waals surface area contributed by atoms with Gasteiger partial charge in [-0.1, -0.05) is 0 Å². The number of nitrogens with one attached hydrogen (secondary N) is 1. The zero-order chi connectivity index (χ0) is 13.9. The summed E-state index contributed by atoms with van der Waals surface area (Å²) in [6.07, 6.45) is 3.35. The lowest BCUT2D eigenvalue weighted by atomic mass is 9.96. The van der Waals surface area contributed by atoms with Crippen LogP contribution in [0.3, 0.4) is 0 Å². The van der Waals surface area contributed by atoms with Crippen LogP contribution in [-0.2, 0) is 11.2 Å². The first-order valence-electron chi connectivity index (χ1n) is 6.58. The van der Waals surface area contributed by atoms with Gasteiger partial charge in [-0.25, -0.2) is 9.89 Å². The minimum Gasteiger partial charge on any atom is -0.469 e. The van der Waals surface area contributed by atoms with Crippen LogP contribution >= 0.6 is 0 Å². The molecule has 2 aromatic heterocycles. The first-order chi connectivity index (χ1) is 9.72. The second-order valence-corrected chi connectivity index (χ2v) is 4.86. The topological polar surface area (TPSA) is 92.3 Å². The zero-order valence-corrected chi connectivity index (χ0v) is 10.9. The third-order valence-electron chi connectivity index (χ3n) is 3.56. The normalized spacial score (nSPS) is 16.5. The van der Waals surface area contributed by atoms with Gasteiger partial charge in [0.05, 0.1) is 12.7 Å². The van der Waals surface area contributed by atoms with Crippen molar-refractivity contribution in [3.8, 4) is 0 Å². The lowest BCUT2D eigenvalue weighted by molar-refractivity contribution is -0.131. The number of aromatic amines is 1. The molecule has 0 aliphatic carbocycles. The summed E-state index contributed by atoms with van der Waals surface area (Å²) >= 11 is 0. The van der Waals surface area contributed by atoms with Gasteiger partial charge in [-0.15, -0.1) is 5.10 Å². The van der Waals surface area contributed by atoms with Crippen molar-refractivity contribution in [2.45, 2.75) is 25.2 Å². The molecule has 2 aromatic rings. The van der Waals surface area contributed by atoms with Crippen LogP contribution in [0.2, 0.25) is 0 Å². The number of carbonyl (C=O) groups is 1. The molecule has 0 aromatic carbocycles. The van der Waals surface area contributed by atoms with Gasteiger partial charge in [-0.2, -0.15) is 0 Å². The molecule has 1 amide bonds. The Hall–Kier alpha value is -2.31. The van der Waals surface area contributed by atoms with Crippen LogP contribution in [0.5, 0.6) is 0 Å². The summed E-state index contributed by atoms with van der Waals surface area (Å²) in [5.41, 5.74) is 0. The molecule has 1 N–H and O–H groups in total. The Morgan fingerprint density at radius 3 is 2.85 bits per heavy atom. The molecule has 0 saturated carbocycles. The number of rotatable bonds is 3. The average molecular weight is 277 g/mol. The van der Waals surface area contributed by atoms with Gasteiger partial charge in [-0.05, 0) is 25.0 Å².